The van der Waals surface area contributed by atoms with Gasteiger partial charge in [0, 0.05) is 29.7 Å². The van der Waals surface area contributed by atoms with Crippen LogP contribution in [0.3, 0.4) is 0 Å². The predicted molar refractivity (Wildman–Crippen MR) is 141 cm³/mol. The van der Waals surface area contributed by atoms with Gasteiger partial charge in [0.15, 0.2) is 0 Å². The van der Waals surface area contributed by atoms with Crippen LogP contribution in [0.15, 0.2) is 46.4 Å². The van der Waals surface area contributed by atoms with Crippen LogP contribution in [-0.2, 0) is 4.79 Å². The number of hydrogen-bond acceptors (Lipinski definition) is 4. The van der Waals surface area contributed by atoms with Gasteiger partial charge in [-0.15, -0.1) is 0 Å². The molecule has 1 aromatic heterocycles. The molecule has 1 saturated heterocycles. The number of fused-ring (bicyclic) bond motifs is 2. The molecule has 178 valence electrons. The van der Waals surface area contributed by atoms with Gasteiger partial charge in [-0.25, -0.2) is 4.99 Å². The number of nitrogens with one attached hydrogen (secondary N) is 2. The van der Waals surface area contributed by atoms with Gasteiger partial charge in [-0.1, -0.05) is 32.1 Å². The lowest BCUT2D eigenvalue weighted by Crippen LogP contribution is -2.41. The van der Waals surface area contributed by atoms with Gasteiger partial charge in [0.1, 0.15) is 6.34 Å². The molecule has 1 amide bonds. The van der Waals surface area contributed by atoms with Crippen LogP contribution in [-0.4, -0.2) is 60.6 Å². The summed E-state index contributed by atoms with van der Waals surface area (Å²) in [5.41, 5.74) is 7.50. The van der Waals surface area contributed by atoms with Gasteiger partial charge >= 0.3 is 0 Å². The number of amides is 1. The lowest BCUT2D eigenvalue weighted by atomic mass is 9.87. The molecule has 2 aromatic rings. The number of carbonyl (C=O) groups is 1. The van der Waals surface area contributed by atoms with Gasteiger partial charge in [0.05, 0.1) is 18.3 Å². The van der Waals surface area contributed by atoms with Gasteiger partial charge in [-0.3, -0.25) is 9.79 Å². The molecule has 2 N–H and O–H groups in total. The summed E-state index contributed by atoms with van der Waals surface area (Å²) >= 11 is 0. The number of carbonyl (C=O) groups excluding carboxylic acids is 1. The zero-order valence-corrected chi connectivity index (χ0v) is 20.5. The third-order valence-corrected chi connectivity index (χ3v) is 7.41. The number of piperidine rings is 1. The molecule has 0 bridgehead atoms. The first-order valence-corrected chi connectivity index (χ1v) is 12.6. The Balaban J connectivity index is 1.43. The Hall–Kier alpha value is -2.99. The van der Waals surface area contributed by atoms with Crippen LogP contribution in [0, 0.1) is 0 Å². The second-order valence-electron chi connectivity index (χ2n) is 9.96. The standard InChI is InChI=1S/C28H35N5O/c1-18(2)27-22-15-21(19-11-13-33(14-12-19)26(34)16-29-3)8-9-23(22)32-28(27)20-5-4-6-24-25(10-7-20)31-17-30-24/h5,7-10,15,17-19,24,29,32H,4,6,11-14,16H2,1-3H3. The number of H-pyrrole nitrogens is 1. The van der Waals surface area contributed by atoms with Crippen molar-refractivity contribution in [1.29, 1.82) is 0 Å². The van der Waals surface area contributed by atoms with Crippen molar-refractivity contribution in [1.82, 2.24) is 15.2 Å². The summed E-state index contributed by atoms with van der Waals surface area (Å²) in [4.78, 5) is 26.9. The molecule has 2 aliphatic heterocycles. The molecule has 1 unspecified atom stereocenters. The van der Waals surface area contributed by atoms with Gasteiger partial charge < -0.3 is 15.2 Å². The number of likely N-dealkylation sites (tertiary alicyclic amines) is 1. The van der Waals surface area contributed by atoms with Crippen LogP contribution >= 0.6 is 0 Å². The molecule has 3 aliphatic rings. The van der Waals surface area contributed by atoms with Crippen LogP contribution < -0.4 is 5.32 Å². The number of rotatable bonds is 5. The number of likely N-dealkylation sites (N-methyl/N-ethyl adjacent to an activating group) is 1. The summed E-state index contributed by atoms with van der Waals surface area (Å²) in [6.45, 7) is 6.66. The third kappa shape index (κ3) is 4.39. The molecular weight excluding hydrogens is 422 g/mol. The topological polar surface area (TPSA) is 72.8 Å². The maximum absolute atomic E-state index is 12.2. The molecule has 1 aliphatic carbocycles. The van der Waals surface area contributed by atoms with E-state index in [-0.39, 0.29) is 11.9 Å². The summed E-state index contributed by atoms with van der Waals surface area (Å²) in [6, 6.07) is 7.14. The summed E-state index contributed by atoms with van der Waals surface area (Å²) in [5.74, 6) is 1.11. The minimum atomic E-state index is 0.204. The van der Waals surface area contributed by atoms with Crippen LogP contribution in [0.1, 0.15) is 68.2 Å². The average molecular weight is 458 g/mol. The van der Waals surface area contributed by atoms with Crippen molar-refractivity contribution < 1.29 is 4.79 Å². The summed E-state index contributed by atoms with van der Waals surface area (Å²) in [5, 5.41) is 4.30. The monoisotopic (exact) mass is 457 g/mol. The Morgan fingerprint density at radius 2 is 2.03 bits per heavy atom. The molecule has 1 aromatic carbocycles. The predicted octanol–water partition coefficient (Wildman–Crippen LogP) is 4.80. The number of aliphatic imine (C=N–C) groups is 2. The molecule has 0 radical (unpaired) electrons. The van der Waals surface area contributed by atoms with E-state index in [9.17, 15) is 4.79 Å². The normalized spacial score (nSPS) is 20.9. The van der Waals surface area contributed by atoms with Crippen molar-refractivity contribution >= 4 is 34.4 Å². The second kappa shape index (κ2) is 9.71. The summed E-state index contributed by atoms with van der Waals surface area (Å²) in [6.07, 6.45) is 12.4. The van der Waals surface area contributed by atoms with Crippen molar-refractivity contribution in [3.63, 3.8) is 0 Å². The van der Waals surface area contributed by atoms with E-state index in [1.165, 1.54) is 33.3 Å². The Labute approximate surface area is 201 Å². The molecule has 1 fully saturated rings. The van der Waals surface area contributed by atoms with E-state index < -0.39 is 0 Å². The third-order valence-electron chi connectivity index (χ3n) is 7.41. The molecule has 3 heterocycles. The highest BCUT2D eigenvalue weighted by atomic mass is 16.2. The molecule has 0 spiro atoms. The van der Waals surface area contributed by atoms with Crippen LogP contribution in [0.25, 0.3) is 16.5 Å². The van der Waals surface area contributed by atoms with Gasteiger partial charge in [0.2, 0.25) is 5.91 Å². The Morgan fingerprint density at radius 3 is 2.79 bits per heavy atom. The van der Waals surface area contributed by atoms with Crippen LogP contribution in [0.4, 0.5) is 0 Å². The quantitative estimate of drug-likeness (QED) is 0.677. The molecule has 5 rings (SSSR count). The van der Waals surface area contributed by atoms with E-state index in [1.54, 1.807) is 6.34 Å². The van der Waals surface area contributed by atoms with Crippen molar-refractivity contribution in [3.05, 3.63) is 53.2 Å². The number of hydrogen-bond donors (Lipinski definition) is 2. The molecule has 0 saturated carbocycles. The fourth-order valence-electron chi connectivity index (χ4n) is 5.58. The fourth-order valence-corrected chi connectivity index (χ4v) is 5.58. The van der Waals surface area contributed by atoms with E-state index in [1.807, 2.05) is 11.9 Å². The number of allylic oxidation sites excluding steroid dienone is 3. The van der Waals surface area contributed by atoms with Gasteiger partial charge in [-0.05, 0) is 79.5 Å². The molecule has 6 nitrogen and oxygen atoms in total. The highest BCUT2D eigenvalue weighted by Crippen LogP contribution is 2.37. The molecule has 6 heteroatoms. The maximum Gasteiger partial charge on any atom is 0.236 e. The zero-order chi connectivity index (χ0) is 23.7. The van der Waals surface area contributed by atoms with E-state index in [4.69, 9.17) is 0 Å². The van der Waals surface area contributed by atoms with Crippen molar-refractivity contribution in [2.45, 2.75) is 57.4 Å². The minimum Gasteiger partial charge on any atom is -0.354 e. The van der Waals surface area contributed by atoms with E-state index in [0.29, 0.717) is 18.4 Å². The fraction of sp³-hybridized carbons (Fsp3) is 0.464. The smallest absolute Gasteiger partial charge is 0.236 e. The Bertz CT molecular complexity index is 1190. The first-order chi connectivity index (χ1) is 16.5. The minimum absolute atomic E-state index is 0.204. The zero-order valence-electron chi connectivity index (χ0n) is 20.5. The number of benzene rings is 1. The number of nitrogens with zero attached hydrogens (tertiary/aromatic N) is 3. The SMILES string of the molecule is CNCC(=O)N1CCC(c2ccc3[nH]c(C4=CCCC5N=CN=C5C=C4)c(C(C)C)c3c2)CC1. The maximum atomic E-state index is 12.2. The lowest BCUT2D eigenvalue weighted by Gasteiger charge is -2.32. The molecule has 34 heavy (non-hydrogen) atoms. The summed E-state index contributed by atoms with van der Waals surface area (Å²) < 4.78 is 0. The van der Waals surface area contributed by atoms with Gasteiger partial charge in [-0.2, -0.15) is 0 Å². The average Bonchev–Trinajstić information content (AvgIpc) is 3.42. The molecular formula is C28H35N5O. The van der Waals surface area contributed by atoms with E-state index >= 15 is 0 Å². The molecule has 1 atom stereocenters. The lowest BCUT2D eigenvalue weighted by molar-refractivity contribution is -0.131. The van der Waals surface area contributed by atoms with Crippen molar-refractivity contribution in [2.24, 2.45) is 9.98 Å². The Morgan fingerprint density at radius 1 is 1.21 bits per heavy atom. The van der Waals surface area contributed by atoms with E-state index in [2.05, 4.69) is 70.6 Å². The van der Waals surface area contributed by atoms with Crippen LogP contribution in [0.2, 0.25) is 0 Å². The number of aromatic nitrogens is 1. The van der Waals surface area contributed by atoms with E-state index in [0.717, 1.165) is 44.5 Å². The second-order valence-corrected chi connectivity index (χ2v) is 9.96. The number of aromatic amines is 1. The first-order valence-electron chi connectivity index (χ1n) is 12.6. The van der Waals surface area contributed by atoms with Crippen LogP contribution in [0.5, 0.6) is 0 Å². The van der Waals surface area contributed by atoms with Crippen molar-refractivity contribution in [2.75, 3.05) is 26.7 Å². The Kier molecular flexibility index (Phi) is 6.50. The highest BCUT2D eigenvalue weighted by Gasteiger charge is 2.25. The summed E-state index contributed by atoms with van der Waals surface area (Å²) in [7, 11) is 1.83. The highest BCUT2D eigenvalue weighted by molar-refractivity contribution is 6.08. The van der Waals surface area contributed by atoms with Crippen molar-refractivity contribution in [3.8, 4) is 0 Å². The van der Waals surface area contributed by atoms with Gasteiger partial charge in [0.25, 0.3) is 0 Å². The largest absolute Gasteiger partial charge is 0.354 e. The first kappa shape index (κ1) is 22.8.